The second kappa shape index (κ2) is 5.53. The minimum atomic E-state index is 0.0330. The number of amides is 1. The number of aryl methyl sites for hydroxylation is 1. The molecule has 98 valence electrons. The zero-order valence-electron chi connectivity index (χ0n) is 11.2. The molecule has 0 spiro atoms. The molecule has 0 saturated carbocycles. The first-order valence-corrected chi connectivity index (χ1v) is 6.75. The second-order valence-corrected chi connectivity index (χ2v) is 5.09. The van der Waals surface area contributed by atoms with Crippen LogP contribution in [0.15, 0.2) is 24.3 Å². The Labute approximate surface area is 109 Å². The van der Waals surface area contributed by atoms with Gasteiger partial charge in [0.2, 0.25) is 5.91 Å². The van der Waals surface area contributed by atoms with Gasteiger partial charge in [0.15, 0.2) is 0 Å². The highest BCUT2D eigenvalue weighted by Crippen LogP contribution is 2.29. The number of nitrogens with two attached hydrogens (primary N) is 1. The fourth-order valence-corrected chi connectivity index (χ4v) is 2.74. The molecule has 2 rings (SSSR count). The molecule has 0 aromatic heterocycles. The van der Waals surface area contributed by atoms with Crippen LogP contribution >= 0.6 is 0 Å². The highest BCUT2D eigenvalue weighted by molar-refractivity contribution is 5.77. The molecular formula is C15H22N2O. The van der Waals surface area contributed by atoms with Crippen molar-refractivity contribution >= 4 is 5.91 Å². The Hall–Kier alpha value is -1.35. The first-order valence-electron chi connectivity index (χ1n) is 6.75. The van der Waals surface area contributed by atoms with Crippen molar-refractivity contribution in [1.29, 1.82) is 0 Å². The van der Waals surface area contributed by atoms with E-state index in [-0.39, 0.29) is 18.0 Å². The topological polar surface area (TPSA) is 46.3 Å². The summed E-state index contributed by atoms with van der Waals surface area (Å²) in [5.74, 6) is 0.232. The molecule has 1 aliphatic rings. The van der Waals surface area contributed by atoms with Crippen molar-refractivity contribution in [1.82, 2.24) is 4.90 Å². The van der Waals surface area contributed by atoms with Crippen LogP contribution < -0.4 is 5.73 Å². The van der Waals surface area contributed by atoms with Crippen LogP contribution in [-0.2, 0) is 4.79 Å². The lowest BCUT2D eigenvalue weighted by atomic mass is 9.95. The number of carbonyl (C=O) groups excluding carboxylic acids is 1. The summed E-state index contributed by atoms with van der Waals surface area (Å²) in [5.41, 5.74) is 8.67. The molecule has 2 atom stereocenters. The van der Waals surface area contributed by atoms with Crippen LogP contribution in [0.1, 0.15) is 43.4 Å². The van der Waals surface area contributed by atoms with E-state index in [2.05, 4.69) is 31.2 Å². The quantitative estimate of drug-likeness (QED) is 0.871. The van der Waals surface area contributed by atoms with Crippen LogP contribution in [0.5, 0.6) is 0 Å². The molecule has 0 bridgehead atoms. The number of carbonyl (C=O) groups is 1. The summed E-state index contributed by atoms with van der Waals surface area (Å²) in [7, 11) is 0. The summed E-state index contributed by atoms with van der Waals surface area (Å²) >= 11 is 0. The number of likely N-dealkylation sites (tertiary alicyclic amines) is 1. The molecule has 1 heterocycles. The Morgan fingerprint density at radius 1 is 1.33 bits per heavy atom. The van der Waals surface area contributed by atoms with Crippen molar-refractivity contribution in [3.05, 3.63) is 35.4 Å². The number of rotatable bonds is 2. The molecule has 1 aromatic carbocycles. The van der Waals surface area contributed by atoms with Gasteiger partial charge in [-0.25, -0.2) is 0 Å². The van der Waals surface area contributed by atoms with Crippen molar-refractivity contribution in [3.63, 3.8) is 0 Å². The minimum Gasteiger partial charge on any atom is -0.334 e. The van der Waals surface area contributed by atoms with Gasteiger partial charge < -0.3 is 10.6 Å². The Bertz CT molecular complexity index is 413. The Kier molecular flexibility index (Phi) is 4.02. The molecule has 0 aliphatic carbocycles. The number of hydrogen-bond donors (Lipinski definition) is 1. The summed E-state index contributed by atoms with van der Waals surface area (Å²) in [6.07, 6.45) is 2.45. The molecule has 1 saturated heterocycles. The molecule has 3 heteroatoms. The maximum atomic E-state index is 12.1. The zero-order chi connectivity index (χ0) is 13.1. The highest BCUT2D eigenvalue weighted by atomic mass is 16.2. The fraction of sp³-hybridized carbons (Fsp3) is 0.533. The van der Waals surface area contributed by atoms with E-state index in [1.54, 1.807) is 0 Å². The predicted octanol–water partition coefficient (Wildman–Crippen LogP) is 2.40. The molecule has 1 aromatic rings. The molecule has 2 N–H and O–H groups in total. The predicted molar refractivity (Wildman–Crippen MR) is 73.1 cm³/mol. The van der Waals surface area contributed by atoms with Crippen molar-refractivity contribution in [3.8, 4) is 0 Å². The molecule has 2 unspecified atom stereocenters. The van der Waals surface area contributed by atoms with Gasteiger partial charge in [0.25, 0.3) is 0 Å². The monoisotopic (exact) mass is 246 g/mol. The molecule has 1 amide bonds. The Morgan fingerprint density at radius 3 is 2.61 bits per heavy atom. The van der Waals surface area contributed by atoms with Crippen LogP contribution in [-0.4, -0.2) is 23.4 Å². The molecular weight excluding hydrogens is 224 g/mol. The van der Waals surface area contributed by atoms with Crippen molar-refractivity contribution in [2.45, 2.75) is 45.2 Å². The van der Waals surface area contributed by atoms with E-state index >= 15 is 0 Å². The number of likely N-dealkylation sites (N-methyl/N-ethyl adjacent to an activating group) is 1. The SMILES string of the molecule is CCN1C(=O)CCCC(N)C1c1ccc(C)cc1. The van der Waals surface area contributed by atoms with Gasteiger partial charge in [-0.05, 0) is 32.3 Å². The zero-order valence-corrected chi connectivity index (χ0v) is 11.2. The van der Waals surface area contributed by atoms with Gasteiger partial charge in [-0.3, -0.25) is 4.79 Å². The number of hydrogen-bond acceptors (Lipinski definition) is 2. The third-order valence-corrected chi connectivity index (χ3v) is 3.75. The minimum absolute atomic E-state index is 0.0330. The van der Waals surface area contributed by atoms with Crippen LogP contribution in [0.3, 0.4) is 0 Å². The maximum Gasteiger partial charge on any atom is 0.223 e. The van der Waals surface area contributed by atoms with Gasteiger partial charge >= 0.3 is 0 Å². The largest absolute Gasteiger partial charge is 0.334 e. The van der Waals surface area contributed by atoms with E-state index in [0.717, 1.165) is 24.9 Å². The lowest BCUT2D eigenvalue weighted by Crippen LogP contribution is -2.42. The van der Waals surface area contributed by atoms with Crippen LogP contribution in [0, 0.1) is 6.92 Å². The molecule has 18 heavy (non-hydrogen) atoms. The van der Waals surface area contributed by atoms with Crippen molar-refractivity contribution in [2.24, 2.45) is 5.73 Å². The van der Waals surface area contributed by atoms with Crippen LogP contribution in [0.2, 0.25) is 0 Å². The van der Waals surface area contributed by atoms with Crippen LogP contribution in [0.25, 0.3) is 0 Å². The summed E-state index contributed by atoms with van der Waals surface area (Å²) in [4.78, 5) is 14.0. The first kappa shape index (κ1) is 13.1. The van der Waals surface area contributed by atoms with E-state index in [4.69, 9.17) is 5.73 Å². The van der Waals surface area contributed by atoms with E-state index in [9.17, 15) is 4.79 Å². The lowest BCUT2D eigenvalue weighted by Gasteiger charge is -2.33. The van der Waals surface area contributed by atoms with Crippen molar-refractivity contribution < 1.29 is 4.79 Å². The van der Waals surface area contributed by atoms with Gasteiger partial charge in [0, 0.05) is 19.0 Å². The van der Waals surface area contributed by atoms with Gasteiger partial charge in [-0.2, -0.15) is 0 Å². The lowest BCUT2D eigenvalue weighted by molar-refractivity contribution is -0.133. The van der Waals surface area contributed by atoms with Crippen LogP contribution in [0.4, 0.5) is 0 Å². The molecule has 0 radical (unpaired) electrons. The standard InChI is InChI=1S/C15H22N2O/c1-3-17-14(18)6-4-5-13(16)15(17)12-9-7-11(2)8-10-12/h7-10,13,15H,3-6,16H2,1-2H3. The van der Waals surface area contributed by atoms with Gasteiger partial charge in [-0.15, -0.1) is 0 Å². The third kappa shape index (κ3) is 2.56. The van der Waals surface area contributed by atoms with Crippen molar-refractivity contribution in [2.75, 3.05) is 6.54 Å². The fourth-order valence-electron chi connectivity index (χ4n) is 2.74. The summed E-state index contributed by atoms with van der Waals surface area (Å²) < 4.78 is 0. The smallest absolute Gasteiger partial charge is 0.223 e. The van der Waals surface area contributed by atoms with E-state index in [0.29, 0.717) is 6.42 Å². The summed E-state index contributed by atoms with van der Waals surface area (Å²) in [6.45, 7) is 4.82. The molecule has 1 fully saturated rings. The average Bonchev–Trinajstić information content (AvgIpc) is 2.49. The molecule has 3 nitrogen and oxygen atoms in total. The van der Waals surface area contributed by atoms with E-state index in [1.807, 2.05) is 11.8 Å². The maximum absolute atomic E-state index is 12.1. The second-order valence-electron chi connectivity index (χ2n) is 5.09. The normalized spacial score (nSPS) is 25.1. The Balaban J connectivity index is 2.35. The highest BCUT2D eigenvalue weighted by Gasteiger charge is 2.31. The number of nitrogens with zero attached hydrogens (tertiary/aromatic N) is 1. The first-order chi connectivity index (χ1) is 8.63. The van der Waals surface area contributed by atoms with Gasteiger partial charge in [0.1, 0.15) is 0 Å². The summed E-state index contributed by atoms with van der Waals surface area (Å²) in [6, 6.07) is 8.45. The average molecular weight is 246 g/mol. The Morgan fingerprint density at radius 2 is 2.00 bits per heavy atom. The van der Waals surface area contributed by atoms with Gasteiger partial charge in [0.05, 0.1) is 6.04 Å². The van der Waals surface area contributed by atoms with E-state index < -0.39 is 0 Å². The third-order valence-electron chi connectivity index (χ3n) is 3.75. The summed E-state index contributed by atoms with van der Waals surface area (Å²) in [5, 5.41) is 0. The van der Waals surface area contributed by atoms with E-state index in [1.165, 1.54) is 5.56 Å². The number of benzene rings is 1. The van der Waals surface area contributed by atoms with Gasteiger partial charge in [-0.1, -0.05) is 29.8 Å². The molecule has 1 aliphatic heterocycles.